The van der Waals surface area contributed by atoms with E-state index in [1.165, 1.54) is 0 Å². The van der Waals surface area contributed by atoms with Crippen LogP contribution in [0.4, 0.5) is 0 Å². The zero-order chi connectivity index (χ0) is 32.0. The Bertz CT molecular complexity index is 1520. The zero-order valence-corrected chi connectivity index (χ0v) is 27.4. The van der Waals surface area contributed by atoms with E-state index in [2.05, 4.69) is 38.1 Å². The maximum absolute atomic E-state index is 13.8. The summed E-state index contributed by atoms with van der Waals surface area (Å²) in [6.45, 7) is 16.3. The fourth-order valence-electron chi connectivity index (χ4n) is 5.99. The number of carbonyl (C=O) groups is 2. The molecule has 0 saturated heterocycles. The molecule has 0 fully saturated rings. The first kappa shape index (κ1) is 32.5. The van der Waals surface area contributed by atoms with Gasteiger partial charge in [-0.15, -0.1) is 0 Å². The standard InChI is InChI=1S/C40H44O4/c1-9-11-31-13-17-33(18-14-31)39(41)43-37(35-27(5)21-25(3)22-28(35)6)38(36-29(7)23-26(4)24-30(36)8)44-40(42)34-19-15-32(12-10-2)16-20-34/h13-24H,9-12H2,1-8H3/b38-37+. The lowest BCUT2D eigenvalue weighted by atomic mass is 9.93. The Hall–Kier alpha value is -4.44. The van der Waals surface area contributed by atoms with Crippen molar-refractivity contribution in [3.8, 4) is 0 Å². The molecule has 0 unspecified atom stereocenters. The highest BCUT2D eigenvalue weighted by molar-refractivity contribution is 6.02. The first-order valence-electron chi connectivity index (χ1n) is 15.5. The minimum atomic E-state index is -0.512. The Morgan fingerprint density at radius 1 is 0.500 bits per heavy atom. The zero-order valence-electron chi connectivity index (χ0n) is 27.4. The summed E-state index contributed by atoms with van der Waals surface area (Å²) in [6, 6.07) is 23.2. The number of hydrogen-bond donors (Lipinski definition) is 0. The molecule has 0 amide bonds. The predicted molar refractivity (Wildman–Crippen MR) is 180 cm³/mol. The van der Waals surface area contributed by atoms with E-state index < -0.39 is 11.9 Å². The molecule has 0 radical (unpaired) electrons. The van der Waals surface area contributed by atoms with Gasteiger partial charge in [0.25, 0.3) is 0 Å². The molecule has 0 spiro atoms. The Balaban J connectivity index is 1.95. The monoisotopic (exact) mass is 588 g/mol. The number of benzene rings is 4. The van der Waals surface area contributed by atoms with Crippen molar-refractivity contribution in [3.63, 3.8) is 0 Å². The van der Waals surface area contributed by atoms with Crippen LogP contribution >= 0.6 is 0 Å². The number of hydrogen-bond acceptors (Lipinski definition) is 4. The molecular formula is C40H44O4. The van der Waals surface area contributed by atoms with Crippen molar-refractivity contribution >= 4 is 23.5 Å². The molecule has 0 N–H and O–H groups in total. The predicted octanol–water partition coefficient (Wildman–Crippen LogP) is 9.98. The average molecular weight is 589 g/mol. The van der Waals surface area contributed by atoms with Gasteiger partial charge in [0.2, 0.25) is 0 Å². The summed E-state index contributed by atoms with van der Waals surface area (Å²) in [5.41, 5.74) is 10.5. The lowest BCUT2D eigenvalue weighted by Gasteiger charge is -2.22. The quantitative estimate of drug-likeness (QED) is 0.105. The second kappa shape index (κ2) is 14.4. The summed E-state index contributed by atoms with van der Waals surface area (Å²) in [4.78, 5) is 27.6. The van der Waals surface area contributed by atoms with Gasteiger partial charge in [0.15, 0.2) is 11.5 Å². The summed E-state index contributed by atoms with van der Waals surface area (Å²) in [5, 5.41) is 0. The van der Waals surface area contributed by atoms with Crippen LogP contribution in [-0.2, 0) is 22.3 Å². The fraction of sp³-hybridized carbons (Fsp3) is 0.300. The highest BCUT2D eigenvalue weighted by Crippen LogP contribution is 2.37. The van der Waals surface area contributed by atoms with E-state index in [9.17, 15) is 9.59 Å². The van der Waals surface area contributed by atoms with Crippen LogP contribution in [0.15, 0.2) is 72.8 Å². The molecule has 4 rings (SSSR count). The number of ether oxygens (including phenoxy) is 2. The highest BCUT2D eigenvalue weighted by atomic mass is 16.6. The van der Waals surface area contributed by atoms with Crippen molar-refractivity contribution in [1.29, 1.82) is 0 Å². The van der Waals surface area contributed by atoms with Crippen molar-refractivity contribution in [2.75, 3.05) is 0 Å². The van der Waals surface area contributed by atoms with Gasteiger partial charge in [-0.1, -0.05) is 86.3 Å². The van der Waals surface area contributed by atoms with Crippen molar-refractivity contribution in [2.24, 2.45) is 0 Å². The van der Waals surface area contributed by atoms with Gasteiger partial charge in [-0.3, -0.25) is 0 Å². The molecule has 0 aliphatic rings. The molecule has 4 aromatic carbocycles. The molecule has 4 aromatic rings. The summed E-state index contributed by atoms with van der Waals surface area (Å²) in [7, 11) is 0. The minimum Gasteiger partial charge on any atom is -0.418 e. The van der Waals surface area contributed by atoms with E-state index in [-0.39, 0.29) is 11.5 Å². The van der Waals surface area contributed by atoms with Crippen LogP contribution in [0.25, 0.3) is 11.5 Å². The van der Waals surface area contributed by atoms with Crippen LogP contribution in [-0.4, -0.2) is 11.9 Å². The fourth-order valence-corrected chi connectivity index (χ4v) is 5.99. The lowest BCUT2D eigenvalue weighted by molar-refractivity contribution is 0.0646. The Morgan fingerprint density at radius 2 is 0.795 bits per heavy atom. The molecule has 0 atom stereocenters. The number of rotatable bonds is 10. The first-order valence-corrected chi connectivity index (χ1v) is 15.5. The van der Waals surface area contributed by atoms with E-state index in [0.717, 1.165) is 81.3 Å². The van der Waals surface area contributed by atoms with Crippen LogP contribution in [0.3, 0.4) is 0 Å². The van der Waals surface area contributed by atoms with Gasteiger partial charge >= 0.3 is 11.9 Å². The van der Waals surface area contributed by atoms with Gasteiger partial charge in [0.1, 0.15) is 0 Å². The van der Waals surface area contributed by atoms with Crippen LogP contribution in [0.1, 0.15) is 103 Å². The minimum absolute atomic E-state index is 0.230. The Labute approximate surface area is 262 Å². The van der Waals surface area contributed by atoms with Crippen molar-refractivity contribution in [3.05, 3.63) is 140 Å². The molecule has 44 heavy (non-hydrogen) atoms. The molecule has 4 nitrogen and oxygen atoms in total. The third-order valence-corrected chi connectivity index (χ3v) is 7.86. The van der Waals surface area contributed by atoms with Crippen LogP contribution in [0, 0.1) is 41.5 Å². The second-order valence-corrected chi connectivity index (χ2v) is 11.9. The third-order valence-electron chi connectivity index (χ3n) is 7.86. The summed E-state index contributed by atoms with van der Waals surface area (Å²) < 4.78 is 12.7. The van der Waals surface area contributed by atoms with Gasteiger partial charge in [-0.2, -0.15) is 0 Å². The largest absolute Gasteiger partial charge is 0.418 e. The number of carbonyl (C=O) groups excluding carboxylic acids is 2. The van der Waals surface area contributed by atoms with Gasteiger partial charge in [-0.05, 0) is 112 Å². The highest BCUT2D eigenvalue weighted by Gasteiger charge is 2.27. The van der Waals surface area contributed by atoms with Crippen LogP contribution < -0.4 is 0 Å². The average Bonchev–Trinajstić information content (AvgIpc) is 2.96. The molecule has 0 aliphatic carbocycles. The SMILES string of the molecule is CCCc1ccc(C(=O)O/C(=C(/OC(=O)c2ccc(CCC)cc2)c2c(C)cc(C)cc2C)c2c(C)cc(C)cc2C)cc1. The number of esters is 2. The third kappa shape index (κ3) is 7.55. The van der Waals surface area contributed by atoms with E-state index in [1.807, 2.05) is 65.8 Å². The van der Waals surface area contributed by atoms with Gasteiger partial charge in [0, 0.05) is 11.1 Å². The molecular weight excluding hydrogens is 544 g/mol. The van der Waals surface area contributed by atoms with E-state index in [0.29, 0.717) is 11.1 Å². The summed E-state index contributed by atoms with van der Waals surface area (Å²) in [6.07, 6.45) is 3.92. The van der Waals surface area contributed by atoms with E-state index in [1.54, 1.807) is 24.3 Å². The van der Waals surface area contributed by atoms with Gasteiger partial charge < -0.3 is 9.47 Å². The van der Waals surface area contributed by atoms with Crippen molar-refractivity contribution < 1.29 is 19.1 Å². The molecule has 228 valence electrons. The maximum Gasteiger partial charge on any atom is 0.343 e. The number of aryl methyl sites for hydroxylation is 8. The smallest absolute Gasteiger partial charge is 0.343 e. The van der Waals surface area contributed by atoms with Crippen molar-refractivity contribution in [1.82, 2.24) is 0 Å². The summed E-state index contributed by atoms with van der Waals surface area (Å²) >= 11 is 0. The normalized spacial score (nSPS) is 11.6. The second-order valence-electron chi connectivity index (χ2n) is 11.9. The van der Waals surface area contributed by atoms with Gasteiger partial charge in [0.05, 0.1) is 11.1 Å². The molecule has 0 aliphatic heterocycles. The Morgan fingerprint density at radius 3 is 1.07 bits per heavy atom. The Kier molecular flexibility index (Phi) is 10.6. The maximum atomic E-state index is 13.8. The van der Waals surface area contributed by atoms with Crippen LogP contribution in [0.2, 0.25) is 0 Å². The van der Waals surface area contributed by atoms with E-state index in [4.69, 9.17) is 9.47 Å². The van der Waals surface area contributed by atoms with Crippen LogP contribution in [0.5, 0.6) is 0 Å². The van der Waals surface area contributed by atoms with Crippen molar-refractivity contribution in [2.45, 2.75) is 81.1 Å². The topological polar surface area (TPSA) is 52.6 Å². The molecule has 0 bridgehead atoms. The van der Waals surface area contributed by atoms with Gasteiger partial charge in [-0.25, -0.2) is 9.59 Å². The molecule has 4 heteroatoms. The van der Waals surface area contributed by atoms with E-state index >= 15 is 0 Å². The summed E-state index contributed by atoms with van der Waals surface area (Å²) in [5.74, 6) is -0.563. The lowest BCUT2D eigenvalue weighted by Crippen LogP contribution is -2.14. The molecule has 0 heterocycles. The molecule has 0 aromatic heterocycles. The molecule has 0 saturated carbocycles. The first-order chi connectivity index (χ1) is 21.0.